The largest absolute Gasteiger partial charge is 0.508 e. The van der Waals surface area contributed by atoms with E-state index in [4.69, 9.17) is 0 Å². The van der Waals surface area contributed by atoms with Gasteiger partial charge in [0, 0.05) is 5.56 Å². The molecule has 3 rings (SSSR count). The third kappa shape index (κ3) is 4.65. The van der Waals surface area contributed by atoms with E-state index < -0.39 is 0 Å². The number of rotatable bonds is 5. The molecule has 25 heavy (non-hydrogen) atoms. The molecule has 0 unspecified atom stereocenters. The molecule has 0 aliphatic heterocycles. The van der Waals surface area contributed by atoms with Crippen LogP contribution in [0.2, 0.25) is 0 Å². The van der Waals surface area contributed by atoms with Crippen molar-refractivity contribution in [3.8, 4) is 5.75 Å². The van der Waals surface area contributed by atoms with Crippen molar-refractivity contribution in [2.24, 2.45) is 20.5 Å². The number of phenols is 1. The summed E-state index contributed by atoms with van der Waals surface area (Å²) in [5, 5.41) is 25.7. The molecule has 1 N–H and O–H groups in total. The molecule has 3 aromatic rings. The van der Waals surface area contributed by atoms with Crippen LogP contribution in [0.1, 0.15) is 10.4 Å². The Bertz CT molecular complexity index is 900. The molecular weight excluding hydrogens is 316 g/mol. The molecule has 6 heteroatoms. The molecule has 0 aliphatic rings. The third-order valence-corrected chi connectivity index (χ3v) is 3.29. The van der Waals surface area contributed by atoms with Gasteiger partial charge in [0.2, 0.25) is 0 Å². The molecule has 0 saturated carbocycles. The molecule has 3 aromatic carbocycles. The fraction of sp³-hybridized carbons (Fsp3) is 0. The predicted octanol–water partition coefficient (Wildman–Crippen LogP) is 6.04. The van der Waals surface area contributed by atoms with Gasteiger partial charge < -0.3 is 5.11 Å². The molecular formula is C19H14N4O2. The number of aromatic hydroxyl groups is 1. The van der Waals surface area contributed by atoms with Crippen LogP contribution in [-0.2, 0) is 0 Å². The van der Waals surface area contributed by atoms with Crippen LogP contribution >= 0.6 is 0 Å². The van der Waals surface area contributed by atoms with Crippen molar-refractivity contribution in [3.05, 3.63) is 78.4 Å². The van der Waals surface area contributed by atoms with Gasteiger partial charge >= 0.3 is 0 Å². The summed E-state index contributed by atoms with van der Waals surface area (Å²) in [6.45, 7) is 0. The Morgan fingerprint density at radius 2 is 0.880 bits per heavy atom. The second-order valence-electron chi connectivity index (χ2n) is 5.14. The van der Waals surface area contributed by atoms with Crippen LogP contribution in [0.4, 0.5) is 22.7 Å². The van der Waals surface area contributed by atoms with Crippen molar-refractivity contribution < 1.29 is 9.90 Å². The molecule has 0 radical (unpaired) electrons. The smallest absolute Gasteiger partial charge is 0.150 e. The monoisotopic (exact) mass is 330 g/mol. The third-order valence-electron chi connectivity index (χ3n) is 3.29. The van der Waals surface area contributed by atoms with Gasteiger partial charge in [-0.2, -0.15) is 20.5 Å². The highest BCUT2D eigenvalue weighted by atomic mass is 16.3. The Morgan fingerprint density at radius 3 is 1.24 bits per heavy atom. The molecule has 0 aliphatic carbocycles. The maximum absolute atomic E-state index is 10.6. The van der Waals surface area contributed by atoms with E-state index in [-0.39, 0.29) is 5.75 Å². The molecule has 0 spiro atoms. The summed E-state index contributed by atoms with van der Waals surface area (Å²) in [7, 11) is 0. The average Bonchev–Trinajstić information content (AvgIpc) is 2.67. The van der Waals surface area contributed by atoms with Gasteiger partial charge in [-0.1, -0.05) is 0 Å². The average molecular weight is 330 g/mol. The molecule has 0 atom stereocenters. The van der Waals surface area contributed by atoms with Gasteiger partial charge in [0.1, 0.15) is 12.0 Å². The highest BCUT2D eigenvalue weighted by Gasteiger charge is 1.95. The lowest BCUT2D eigenvalue weighted by Gasteiger charge is -1.96. The lowest BCUT2D eigenvalue weighted by atomic mass is 10.2. The molecule has 0 aromatic heterocycles. The van der Waals surface area contributed by atoms with Gasteiger partial charge in [-0.05, 0) is 72.8 Å². The zero-order valence-corrected chi connectivity index (χ0v) is 13.1. The minimum atomic E-state index is 0.189. The summed E-state index contributed by atoms with van der Waals surface area (Å²) in [6, 6.07) is 20.4. The number of carbonyl (C=O) groups excluding carboxylic acids is 1. The zero-order valence-electron chi connectivity index (χ0n) is 13.1. The van der Waals surface area contributed by atoms with E-state index in [0.29, 0.717) is 28.3 Å². The van der Waals surface area contributed by atoms with Crippen LogP contribution in [0, 0.1) is 0 Å². The molecule has 6 nitrogen and oxygen atoms in total. The fourth-order valence-electron chi connectivity index (χ4n) is 1.96. The van der Waals surface area contributed by atoms with Crippen LogP contribution in [0.15, 0.2) is 93.3 Å². The van der Waals surface area contributed by atoms with E-state index in [9.17, 15) is 9.90 Å². The van der Waals surface area contributed by atoms with Crippen molar-refractivity contribution in [1.82, 2.24) is 0 Å². The number of carbonyl (C=O) groups is 1. The number of phenolic OH excluding ortho intramolecular Hbond substituents is 1. The summed E-state index contributed by atoms with van der Waals surface area (Å²) in [4.78, 5) is 10.6. The highest BCUT2D eigenvalue weighted by Crippen LogP contribution is 2.24. The minimum Gasteiger partial charge on any atom is -0.508 e. The van der Waals surface area contributed by atoms with Crippen LogP contribution in [-0.4, -0.2) is 11.4 Å². The molecule has 122 valence electrons. The van der Waals surface area contributed by atoms with Crippen molar-refractivity contribution in [2.45, 2.75) is 0 Å². The molecule has 0 bridgehead atoms. The Kier molecular flexibility index (Phi) is 5.01. The number of nitrogens with zero attached hydrogens (tertiary/aromatic N) is 4. The Morgan fingerprint density at radius 1 is 0.560 bits per heavy atom. The van der Waals surface area contributed by atoms with Crippen LogP contribution in [0.3, 0.4) is 0 Å². The quantitative estimate of drug-likeness (QED) is 0.457. The first kappa shape index (κ1) is 16.2. The molecule has 0 fully saturated rings. The van der Waals surface area contributed by atoms with E-state index in [1.165, 1.54) is 0 Å². The van der Waals surface area contributed by atoms with Gasteiger partial charge in [0.15, 0.2) is 0 Å². The normalized spacial score (nSPS) is 11.2. The van der Waals surface area contributed by atoms with Gasteiger partial charge in [0.05, 0.1) is 22.7 Å². The van der Waals surface area contributed by atoms with Crippen molar-refractivity contribution in [1.29, 1.82) is 0 Å². The summed E-state index contributed by atoms with van der Waals surface area (Å²) in [6.07, 6.45) is 0.784. The van der Waals surface area contributed by atoms with Crippen LogP contribution in [0.25, 0.3) is 0 Å². The van der Waals surface area contributed by atoms with Crippen LogP contribution in [0.5, 0.6) is 5.75 Å². The summed E-state index contributed by atoms with van der Waals surface area (Å²) < 4.78 is 0. The maximum Gasteiger partial charge on any atom is 0.150 e. The lowest BCUT2D eigenvalue weighted by Crippen LogP contribution is -1.75. The van der Waals surface area contributed by atoms with E-state index in [1.807, 2.05) is 0 Å². The molecule has 0 heterocycles. The second-order valence-corrected chi connectivity index (χ2v) is 5.14. The number of hydrogen-bond acceptors (Lipinski definition) is 6. The first-order valence-corrected chi connectivity index (χ1v) is 7.51. The SMILES string of the molecule is O=Cc1ccc(N=Nc2ccc(N=Nc3ccc(O)cc3)cc2)cc1. The van der Waals surface area contributed by atoms with Gasteiger partial charge in [-0.25, -0.2) is 0 Å². The Hall–Kier alpha value is -3.67. The highest BCUT2D eigenvalue weighted by molar-refractivity contribution is 5.75. The van der Waals surface area contributed by atoms with E-state index in [0.717, 1.165) is 6.29 Å². The number of aldehydes is 1. The number of benzene rings is 3. The summed E-state index contributed by atoms with van der Waals surface area (Å²) in [5.41, 5.74) is 3.29. The van der Waals surface area contributed by atoms with Gasteiger partial charge in [-0.3, -0.25) is 4.79 Å². The Balaban J connectivity index is 1.65. The van der Waals surface area contributed by atoms with Crippen molar-refractivity contribution >= 4 is 29.0 Å². The molecule has 0 saturated heterocycles. The maximum atomic E-state index is 10.6. The number of hydrogen-bond donors (Lipinski definition) is 1. The summed E-state index contributed by atoms with van der Waals surface area (Å²) in [5.74, 6) is 0.189. The van der Waals surface area contributed by atoms with Gasteiger partial charge in [-0.15, -0.1) is 0 Å². The minimum absolute atomic E-state index is 0.189. The zero-order chi connectivity index (χ0) is 17.5. The predicted molar refractivity (Wildman–Crippen MR) is 94.7 cm³/mol. The van der Waals surface area contributed by atoms with Crippen molar-refractivity contribution in [3.63, 3.8) is 0 Å². The van der Waals surface area contributed by atoms with E-state index >= 15 is 0 Å². The second kappa shape index (κ2) is 7.74. The lowest BCUT2D eigenvalue weighted by molar-refractivity contribution is 0.112. The fourth-order valence-corrected chi connectivity index (χ4v) is 1.96. The van der Waals surface area contributed by atoms with Gasteiger partial charge in [0.25, 0.3) is 0 Å². The van der Waals surface area contributed by atoms with Crippen molar-refractivity contribution in [2.75, 3.05) is 0 Å². The Labute approximate surface area is 144 Å². The standard InChI is InChI=1S/C19H14N4O2/c24-13-14-1-3-15(4-2-14)20-21-16-5-7-17(8-6-16)22-23-18-9-11-19(25)12-10-18/h1-13,25H. The summed E-state index contributed by atoms with van der Waals surface area (Å²) >= 11 is 0. The van der Waals surface area contributed by atoms with E-state index in [1.54, 1.807) is 72.8 Å². The van der Waals surface area contributed by atoms with Crippen LogP contribution < -0.4 is 0 Å². The topological polar surface area (TPSA) is 86.7 Å². The first-order valence-electron chi connectivity index (χ1n) is 7.51. The first-order chi connectivity index (χ1) is 12.2. The number of azo groups is 2. The molecule has 0 amide bonds. The van der Waals surface area contributed by atoms with E-state index in [2.05, 4.69) is 20.5 Å².